The first-order valence-corrected chi connectivity index (χ1v) is 6.08. The van der Waals surface area contributed by atoms with E-state index in [1.165, 1.54) is 6.07 Å². The molecule has 0 fully saturated rings. The van der Waals surface area contributed by atoms with Crippen LogP contribution < -0.4 is 10.1 Å². The fraction of sp³-hybridized carbons (Fsp3) is 0.125. The number of halogens is 1. The average Bonchev–Trinajstić information content (AvgIpc) is 2.46. The quantitative estimate of drug-likeness (QED) is 0.875. The zero-order valence-corrected chi connectivity index (χ0v) is 10.8. The molecule has 2 aromatic rings. The third-order valence-electron chi connectivity index (χ3n) is 2.69. The van der Waals surface area contributed by atoms with Crippen LogP contribution in [0, 0.1) is 5.82 Å². The molecule has 0 bridgehead atoms. The Morgan fingerprint density at radius 1 is 1.16 bits per heavy atom. The minimum atomic E-state index is -0.283. The van der Waals surface area contributed by atoms with Gasteiger partial charge in [-0.2, -0.15) is 0 Å². The molecule has 0 amide bonds. The first-order chi connectivity index (χ1) is 9.29. The fourth-order valence-electron chi connectivity index (χ4n) is 1.69. The molecule has 0 radical (unpaired) electrons. The molecule has 98 valence electrons. The number of anilines is 1. The van der Waals surface area contributed by atoms with Crippen LogP contribution in [0.5, 0.6) is 5.75 Å². The van der Waals surface area contributed by atoms with E-state index < -0.39 is 0 Å². The van der Waals surface area contributed by atoms with Gasteiger partial charge in [0.2, 0.25) is 0 Å². The molecule has 2 rings (SSSR count). The molecule has 0 saturated carbocycles. The van der Waals surface area contributed by atoms with Crippen LogP contribution in [0.25, 0.3) is 6.08 Å². The lowest BCUT2D eigenvalue weighted by Crippen LogP contribution is -2.01. The predicted octanol–water partition coefficient (Wildman–Crippen LogP) is 3.96. The monoisotopic (exact) mass is 257 g/mol. The van der Waals surface area contributed by atoms with E-state index in [0.29, 0.717) is 18.0 Å². The lowest BCUT2D eigenvalue weighted by molar-refractivity contribution is 0.414. The van der Waals surface area contributed by atoms with Crippen LogP contribution in [-0.2, 0) is 0 Å². The van der Waals surface area contributed by atoms with Crippen molar-refractivity contribution in [3.63, 3.8) is 0 Å². The topological polar surface area (TPSA) is 21.3 Å². The molecule has 0 unspecified atom stereocenters. The van der Waals surface area contributed by atoms with E-state index >= 15 is 0 Å². The summed E-state index contributed by atoms with van der Waals surface area (Å²) in [6, 6.07) is 14.6. The Bertz CT molecular complexity index is 552. The van der Waals surface area contributed by atoms with Crippen LogP contribution in [0.2, 0.25) is 0 Å². The van der Waals surface area contributed by atoms with Crippen molar-refractivity contribution >= 4 is 11.8 Å². The highest BCUT2D eigenvalue weighted by Gasteiger charge is 2.01. The third-order valence-corrected chi connectivity index (χ3v) is 2.69. The van der Waals surface area contributed by atoms with E-state index in [-0.39, 0.29) is 5.82 Å². The molecule has 19 heavy (non-hydrogen) atoms. The van der Waals surface area contributed by atoms with Gasteiger partial charge in [0.15, 0.2) is 0 Å². The fourth-order valence-corrected chi connectivity index (χ4v) is 1.69. The summed E-state index contributed by atoms with van der Waals surface area (Å²) in [5.41, 5.74) is 1.56. The van der Waals surface area contributed by atoms with Crippen molar-refractivity contribution < 1.29 is 9.13 Å². The van der Waals surface area contributed by atoms with Crippen molar-refractivity contribution in [1.82, 2.24) is 0 Å². The highest BCUT2D eigenvalue weighted by Crippen LogP contribution is 2.20. The molecule has 0 heterocycles. The second kappa shape index (κ2) is 6.59. The third kappa shape index (κ3) is 3.85. The Morgan fingerprint density at radius 3 is 2.68 bits per heavy atom. The molecular formula is C16H16FNO. The van der Waals surface area contributed by atoms with Crippen LogP contribution in [-0.4, -0.2) is 13.7 Å². The van der Waals surface area contributed by atoms with Crippen LogP contribution in [0.4, 0.5) is 10.1 Å². The van der Waals surface area contributed by atoms with Crippen LogP contribution >= 0.6 is 0 Å². The number of hydrogen-bond acceptors (Lipinski definition) is 2. The smallest absolute Gasteiger partial charge is 0.146 e. The van der Waals surface area contributed by atoms with Gasteiger partial charge in [0.25, 0.3) is 0 Å². The number of benzene rings is 2. The Kier molecular flexibility index (Phi) is 4.56. The zero-order valence-electron chi connectivity index (χ0n) is 10.8. The second-order valence-electron chi connectivity index (χ2n) is 4.04. The molecule has 2 aromatic carbocycles. The number of ether oxygens (including phenoxy) is 1. The summed E-state index contributed by atoms with van der Waals surface area (Å²) < 4.78 is 18.6. The molecule has 3 heteroatoms. The van der Waals surface area contributed by atoms with Gasteiger partial charge in [-0.1, -0.05) is 42.5 Å². The maximum atomic E-state index is 13.5. The van der Waals surface area contributed by atoms with E-state index in [1.807, 2.05) is 42.5 Å². The predicted molar refractivity (Wildman–Crippen MR) is 76.9 cm³/mol. The molecule has 0 aromatic heterocycles. The largest absolute Gasteiger partial charge is 0.497 e. The lowest BCUT2D eigenvalue weighted by atomic mass is 10.2. The zero-order chi connectivity index (χ0) is 13.5. The van der Waals surface area contributed by atoms with Crippen LogP contribution in [0.3, 0.4) is 0 Å². The highest BCUT2D eigenvalue weighted by atomic mass is 19.1. The summed E-state index contributed by atoms with van der Waals surface area (Å²) in [7, 11) is 1.56. The van der Waals surface area contributed by atoms with Crippen molar-refractivity contribution in [3.8, 4) is 5.75 Å². The first kappa shape index (κ1) is 13.1. The van der Waals surface area contributed by atoms with Gasteiger partial charge in [-0.15, -0.1) is 0 Å². The summed E-state index contributed by atoms with van der Waals surface area (Å²) >= 11 is 0. The van der Waals surface area contributed by atoms with Gasteiger partial charge in [0.1, 0.15) is 11.6 Å². The van der Waals surface area contributed by atoms with Crippen LogP contribution in [0.15, 0.2) is 54.6 Å². The minimum absolute atomic E-state index is 0.283. The van der Waals surface area contributed by atoms with Crippen molar-refractivity contribution in [2.75, 3.05) is 19.0 Å². The van der Waals surface area contributed by atoms with Crippen LogP contribution in [0.1, 0.15) is 5.56 Å². The summed E-state index contributed by atoms with van der Waals surface area (Å²) in [6.07, 6.45) is 3.94. The average molecular weight is 257 g/mol. The van der Waals surface area contributed by atoms with E-state index in [4.69, 9.17) is 4.74 Å². The normalized spacial score (nSPS) is 10.6. The van der Waals surface area contributed by atoms with Gasteiger partial charge in [-0.3, -0.25) is 0 Å². The van der Waals surface area contributed by atoms with Gasteiger partial charge in [0, 0.05) is 12.6 Å². The van der Waals surface area contributed by atoms with Gasteiger partial charge >= 0.3 is 0 Å². The molecule has 0 spiro atoms. The Hall–Kier alpha value is -2.29. The molecule has 0 aliphatic heterocycles. The van der Waals surface area contributed by atoms with E-state index in [2.05, 4.69) is 5.32 Å². The van der Waals surface area contributed by atoms with E-state index in [1.54, 1.807) is 19.2 Å². The van der Waals surface area contributed by atoms with Gasteiger partial charge in [-0.25, -0.2) is 4.39 Å². The maximum absolute atomic E-state index is 13.5. The van der Waals surface area contributed by atoms with E-state index in [9.17, 15) is 4.39 Å². The molecule has 1 N–H and O–H groups in total. The molecule has 0 aliphatic carbocycles. The van der Waals surface area contributed by atoms with Gasteiger partial charge < -0.3 is 10.1 Å². The van der Waals surface area contributed by atoms with Crippen molar-refractivity contribution in [2.24, 2.45) is 0 Å². The maximum Gasteiger partial charge on any atom is 0.146 e. The number of hydrogen-bond donors (Lipinski definition) is 1. The number of nitrogens with one attached hydrogen (secondary N) is 1. The second-order valence-corrected chi connectivity index (χ2v) is 4.04. The summed E-state index contributed by atoms with van der Waals surface area (Å²) in [5.74, 6) is 0.352. The Labute approximate surface area is 112 Å². The van der Waals surface area contributed by atoms with Crippen molar-refractivity contribution in [2.45, 2.75) is 0 Å². The first-order valence-electron chi connectivity index (χ1n) is 6.08. The van der Waals surface area contributed by atoms with Crippen molar-refractivity contribution in [3.05, 3.63) is 66.0 Å². The summed E-state index contributed by atoms with van der Waals surface area (Å²) in [6.45, 7) is 0.555. The standard InChI is InChI=1S/C16H16FNO/c1-19-14-9-10-15(17)16(12-14)18-11-5-8-13-6-3-2-4-7-13/h2-10,12,18H,11H2,1H3. The van der Waals surface area contributed by atoms with Crippen molar-refractivity contribution in [1.29, 1.82) is 0 Å². The highest BCUT2D eigenvalue weighted by molar-refractivity contribution is 5.53. The number of methoxy groups -OCH3 is 1. The SMILES string of the molecule is COc1ccc(F)c(NCC=Cc2ccccc2)c1. The summed E-state index contributed by atoms with van der Waals surface area (Å²) in [5, 5.41) is 3.02. The molecule has 2 nitrogen and oxygen atoms in total. The Morgan fingerprint density at radius 2 is 1.95 bits per heavy atom. The molecule has 0 atom stereocenters. The molecule has 0 saturated heterocycles. The van der Waals surface area contributed by atoms with Gasteiger partial charge in [-0.05, 0) is 17.7 Å². The number of rotatable bonds is 5. The molecular weight excluding hydrogens is 241 g/mol. The Balaban J connectivity index is 1.94. The summed E-state index contributed by atoms with van der Waals surface area (Å²) in [4.78, 5) is 0. The van der Waals surface area contributed by atoms with Gasteiger partial charge in [0.05, 0.1) is 12.8 Å². The lowest BCUT2D eigenvalue weighted by Gasteiger charge is -2.07. The van der Waals surface area contributed by atoms with E-state index in [0.717, 1.165) is 5.56 Å². The molecule has 0 aliphatic rings. The minimum Gasteiger partial charge on any atom is -0.497 e.